The number of nitro groups is 1. The average molecular weight is 396 g/mol. The maximum Gasteiger partial charge on any atom is 0.336 e. The standard InChI is InChI=1S/C20H20N4O5/c1-3-13(2)21-18(25)12-22-17-7-5-4-6-16(17)19(26)23(20(22)27)14-8-10-15(11-9-14)24(28)29/h4-11,13H,3,12H2,1-2H3,(H,21,25). The van der Waals surface area contributed by atoms with Crippen LogP contribution in [0.15, 0.2) is 58.1 Å². The number of para-hydroxylation sites is 1. The zero-order valence-electron chi connectivity index (χ0n) is 16.0. The highest BCUT2D eigenvalue weighted by Gasteiger charge is 2.17. The fourth-order valence-electron chi connectivity index (χ4n) is 2.99. The first-order valence-corrected chi connectivity index (χ1v) is 9.12. The minimum Gasteiger partial charge on any atom is -0.352 e. The van der Waals surface area contributed by atoms with E-state index in [1.54, 1.807) is 24.3 Å². The first kappa shape index (κ1) is 20.0. The molecular weight excluding hydrogens is 376 g/mol. The highest BCUT2D eigenvalue weighted by molar-refractivity contribution is 5.82. The Morgan fingerprint density at radius 3 is 2.41 bits per heavy atom. The lowest BCUT2D eigenvalue weighted by atomic mass is 10.2. The van der Waals surface area contributed by atoms with Crippen molar-refractivity contribution in [1.82, 2.24) is 14.5 Å². The van der Waals surface area contributed by atoms with Crippen LogP contribution >= 0.6 is 0 Å². The van der Waals surface area contributed by atoms with Crippen molar-refractivity contribution in [3.8, 4) is 5.69 Å². The van der Waals surface area contributed by atoms with Crippen molar-refractivity contribution in [2.24, 2.45) is 0 Å². The van der Waals surface area contributed by atoms with Crippen molar-refractivity contribution in [3.05, 3.63) is 79.5 Å². The maximum absolute atomic E-state index is 13.1. The summed E-state index contributed by atoms with van der Waals surface area (Å²) in [5.74, 6) is -0.347. The van der Waals surface area contributed by atoms with Gasteiger partial charge in [-0.3, -0.25) is 24.3 Å². The second-order valence-electron chi connectivity index (χ2n) is 6.68. The number of aromatic nitrogens is 2. The molecule has 0 fully saturated rings. The topological polar surface area (TPSA) is 116 Å². The molecule has 1 aromatic heterocycles. The summed E-state index contributed by atoms with van der Waals surface area (Å²) >= 11 is 0. The number of rotatable bonds is 6. The lowest BCUT2D eigenvalue weighted by molar-refractivity contribution is -0.384. The second kappa shape index (κ2) is 8.09. The molecule has 3 rings (SSSR count). The van der Waals surface area contributed by atoms with Crippen molar-refractivity contribution in [1.29, 1.82) is 0 Å². The van der Waals surface area contributed by atoms with E-state index in [1.807, 2.05) is 13.8 Å². The number of nitrogens with one attached hydrogen (secondary N) is 1. The predicted octanol–water partition coefficient (Wildman–Crippen LogP) is 1.98. The van der Waals surface area contributed by atoms with Crippen molar-refractivity contribution in [3.63, 3.8) is 0 Å². The molecule has 0 aliphatic heterocycles. The molecule has 1 amide bonds. The fraction of sp³-hybridized carbons (Fsp3) is 0.250. The lowest BCUT2D eigenvalue weighted by Crippen LogP contribution is -2.43. The van der Waals surface area contributed by atoms with Gasteiger partial charge in [-0.05, 0) is 37.6 Å². The molecule has 3 aromatic rings. The number of non-ortho nitro benzene ring substituents is 1. The molecule has 1 N–H and O–H groups in total. The number of amides is 1. The van der Waals surface area contributed by atoms with E-state index in [9.17, 15) is 24.5 Å². The third-order valence-corrected chi connectivity index (χ3v) is 4.69. The van der Waals surface area contributed by atoms with E-state index in [-0.39, 0.29) is 35.3 Å². The quantitative estimate of drug-likeness (QED) is 0.505. The molecule has 2 aromatic carbocycles. The Morgan fingerprint density at radius 2 is 1.79 bits per heavy atom. The third kappa shape index (κ3) is 3.93. The summed E-state index contributed by atoms with van der Waals surface area (Å²) < 4.78 is 2.15. The van der Waals surface area contributed by atoms with Gasteiger partial charge in [0, 0.05) is 18.2 Å². The molecule has 0 saturated carbocycles. The van der Waals surface area contributed by atoms with E-state index in [0.717, 1.165) is 11.0 Å². The first-order valence-electron chi connectivity index (χ1n) is 9.12. The van der Waals surface area contributed by atoms with E-state index < -0.39 is 16.2 Å². The van der Waals surface area contributed by atoms with Gasteiger partial charge in [-0.15, -0.1) is 0 Å². The molecule has 0 aliphatic carbocycles. The largest absolute Gasteiger partial charge is 0.352 e. The van der Waals surface area contributed by atoms with Gasteiger partial charge in [-0.25, -0.2) is 9.36 Å². The Labute approximate surface area is 165 Å². The van der Waals surface area contributed by atoms with Gasteiger partial charge in [0.25, 0.3) is 11.2 Å². The summed E-state index contributed by atoms with van der Waals surface area (Å²) in [5, 5.41) is 13.9. The Bertz CT molecular complexity index is 1190. The van der Waals surface area contributed by atoms with Crippen LogP contribution in [0, 0.1) is 10.1 Å². The van der Waals surface area contributed by atoms with Gasteiger partial charge >= 0.3 is 5.69 Å². The van der Waals surface area contributed by atoms with Crippen LogP contribution in [0.2, 0.25) is 0 Å². The van der Waals surface area contributed by atoms with Gasteiger partial charge in [0.05, 0.1) is 21.5 Å². The van der Waals surface area contributed by atoms with Gasteiger partial charge in [0.1, 0.15) is 6.54 Å². The SMILES string of the molecule is CCC(C)NC(=O)Cn1c(=O)n(-c2ccc([N+](=O)[O-])cc2)c(=O)c2ccccc21. The van der Waals surface area contributed by atoms with Crippen LogP contribution in [0.25, 0.3) is 16.6 Å². The summed E-state index contributed by atoms with van der Waals surface area (Å²) in [6.45, 7) is 3.54. The first-order chi connectivity index (χ1) is 13.8. The minimum atomic E-state index is -0.693. The molecule has 0 aliphatic rings. The molecule has 0 saturated heterocycles. The molecule has 0 spiro atoms. The number of nitro benzene ring substituents is 1. The number of carbonyl (C=O) groups excluding carboxylic acids is 1. The highest BCUT2D eigenvalue weighted by Crippen LogP contribution is 2.15. The lowest BCUT2D eigenvalue weighted by Gasteiger charge is -2.16. The number of benzene rings is 2. The Balaban J connectivity index is 2.19. The van der Waals surface area contributed by atoms with Crippen molar-refractivity contribution in [2.45, 2.75) is 32.9 Å². The minimum absolute atomic E-state index is 0.0509. The molecule has 1 heterocycles. The molecule has 1 unspecified atom stereocenters. The molecule has 9 heteroatoms. The van der Waals surface area contributed by atoms with Gasteiger partial charge in [0.15, 0.2) is 0 Å². The van der Waals surface area contributed by atoms with Crippen molar-refractivity contribution in [2.75, 3.05) is 0 Å². The molecule has 1 atom stereocenters. The van der Waals surface area contributed by atoms with Crippen LogP contribution in [0.4, 0.5) is 5.69 Å². The summed E-state index contributed by atoms with van der Waals surface area (Å²) in [5.41, 5.74) is -0.872. The summed E-state index contributed by atoms with van der Waals surface area (Å²) in [7, 11) is 0. The van der Waals surface area contributed by atoms with E-state index in [1.165, 1.54) is 28.8 Å². The Hall–Kier alpha value is -3.75. The Kier molecular flexibility index (Phi) is 5.58. The molecule has 0 radical (unpaired) electrons. The van der Waals surface area contributed by atoms with Crippen molar-refractivity contribution >= 4 is 22.5 Å². The molecule has 29 heavy (non-hydrogen) atoms. The highest BCUT2D eigenvalue weighted by atomic mass is 16.6. The summed E-state index contributed by atoms with van der Waals surface area (Å²) in [6, 6.07) is 11.6. The number of fused-ring (bicyclic) bond motifs is 1. The van der Waals surface area contributed by atoms with Crippen molar-refractivity contribution < 1.29 is 9.72 Å². The van der Waals surface area contributed by atoms with E-state index in [4.69, 9.17) is 0 Å². The second-order valence-corrected chi connectivity index (χ2v) is 6.68. The normalized spacial score (nSPS) is 11.9. The molecular formula is C20H20N4O5. The average Bonchev–Trinajstić information content (AvgIpc) is 2.71. The molecule has 9 nitrogen and oxygen atoms in total. The molecule has 0 bridgehead atoms. The predicted molar refractivity (Wildman–Crippen MR) is 108 cm³/mol. The maximum atomic E-state index is 13.1. The van der Waals surface area contributed by atoms with Crippen LogP contribution in [0.5, 0.6) is 0 Å². The fourth-order valence-corrected chi connectivity index (χ4v) is 2.99. The van der Waals surface area contributed by atoms with Gasteiger partial charge < -0.3 is 5.32 Å². The van der Waals surface area contributed by atoms with Crippen LogP contribution in [0.1, 0.15) is 20.3 Å². The zero-order valence-corrected chi connectivity index (χ0v) is 16.0. The van der Waals surface area contributed by atoms with Gasteiger partial charge in [0.2, 0.25) is 5.91 Å². The Morgan fingerprint density at radius 1 is 1.14 bits per heavy atom. The zero-order chi connectivity index (χ0) is 21.1. The number of hydrogen-bond acceptors (Lipinski definition) is 5. The van der Waals surface area contributed by atoms with Gasteiger partial charge in [-0.2, -0.15) is 0 Å². The summed E-state index contributed by atoms with van der Waals surface area (Å²) in [4.78, 5) is 48.8. The van der Waals surface area contributed by atoms with E-state index in [2.05, 4.69) is 5.32 Å². The molecule has 150 valence electrons. The number of hydrogen-bond donors (Lipinski definition) is 1. The van der Waals surface area contributed by atoms with Crippen LogP contribution in [-0.2, 0) is 11.3 Å². The number of nitrogens with zero attached hydrogens (tertiary/aromatic N) is 3. The smallest absolute Gasteiger partial charge is 0.336 e. The third-order valence-electron chi connectivity index (χ3n) is 4.69. The van der Waals surface area contributed by atoms with Crippen LogP contribution in [-0.4, -0.2) is 26.0 Å². The monoisotopic (exact) mass is 396 g/mol. The van der Waals surface area contributed by atoms with E-state index in [0.29, 0.717) is 5.52 Å². The number of carbonyl (C=O) groups is 1. The van der Waals surface area contributed by atoms with Crippen LogP contribution < -0.4 is 16.6 Å². The van der Waals surface area contributed by atoms with Crippen LogP contribution in [0.3, 0.4) is 0 Å². The van der Waals surface area contributed by atoms with E-state index >= 15 is 0 Å². The van der Waals surface area contributed by atoms with Gasteiger partial charge in [-0.1, -0.05) is 19.1 Å². The summed E-state index contributed by atoms with van der Waals surface area (Å²) in [6.07, 6.45) is 0.740.